The lowest BCUT2D eigenvalue weighted by Gasteiger charge is -2.41. The molecule has 2 aliphatic heterocycles. The van der Waals surface area contributed by atoms with Gasteiger partial charge in [0.2, 0.25) is 5.91 Å². The molecule has 1 aliphatic carbocycles. The first kappa shape index (κ1) is 15.7. The molecule has 2 saturated heterocycles. The third-order valence-electron chi connectivity index (χ3n) is 6.33. The van der Waals surface area contributed by atoms with Gasteiger partial charge < -0.3 is 14.2 Å². The molecule has 3 heterocycles. The van der Waals surface area contributed by atoms with Crippen molar-refractivity contribution in [1.82, 2.24) is 9.80 Å². The largest absolute Gasteiger partial charge is 0.459 e. The van der Waals surface area contributed by atoms with Gasteiger partial charge in [0.05, 0.1) is 6.26 Å². The summed E-state index contributed by atoms with van der Waals surface area (Å²) in [5.41, 5.74) is 0.510. The fourth-order valence-electron chi connectivity index (χ4n) is 4.85. The SMILES string of the molecule is O=C(C1CCCN1C(=O)c1ccco1)N1CCC2(CCCC2)CC1. The number of hydrogen-bond acceptors (Lipinski definition) is 3. The van der Waals surface area contributed by atoms with Crippen LogP contribution < -0.4 is 0 Å². The number of amides is 2. The van der Waals surface area contributed by atoms with Gasteiger partial charge in [0.15, 0.2) is 5.76 Å². The number of hydrogen-bond donors (Lipinski definition) is 0. The van der Waals surface area contributed by atoms with E-state index >= 15 is 0 Å². The Morgan fingerprint density at radius 3 is 2.46 bits per heavy atom. The standard InChI is InChI=1S/C19H26N2O3/c22-17(20-12-9-19(10-13-20)7-1-2-8-19)15-5-3-11-21(15)18(23)16-6-4-14-24-16/h4,6,14-15H,1-3,5,7-13H2. The second-order valence-corrected chi connectivity index (χ2v) is 7.67. The molecule has 1 aromatic rings. The van der Waals surface area contributed by atoms with Crippen LogP contribution in [0.25, 0.3) is 0 Å². The van der Waals surface area contributed by atoms with Gasteiger partial charge in [-0.2, -0.15) is 0 Å². The Bertz CT molecular complexity index is 594. The van der Waals surface area contributed by atoms with Crippen molar-refractivity contribution >= 4 is 11.8 Å². The number of carbonyl (C=O) groups excluding carboxylic acids is 2. The quantitative estimate of drug-likeness (QED) is 0.837. The van der Waals surface area contributed by atoms with E-state index in [0.29, 0.717) is 17.7 Å². The molecule has 1 spiro atoms. The van der Waals surface area contributed by atoms with Crippen LogP contribution in [0, 0.1) is 5.41 Å². The summed E-state index contributed by atoms with van der Waals surface area (Å²) in [5, 5.41) is 0. The molecule has 24 heavy (non-hydrogen) atoms. The molecule has 130 valence electrons. The van der Waals surface area contributed by atoms with Gasteiger partial charge in [-0.15, -0.1) is 0 Å². The fraction of sp³-hybridized carbons (Fsp3) is 0.684. The molecule has 0 radical (unpaired) electrons. The van der Waals surface area contributed by atoms with Gasteiger partial charge in [-0.25, -0.2) is 0 Å². The molecule has 1 aromatic heterocycles. The molecule has 1 saturated carbocycles. The highest BCUT2D eigenvalue weighted by Crippen LogP contribution is 2.46. The summed E-state index contributed by atoms with van der Waals surface area (Å²) in [6.07, 6.45) is 10.8. The van der Waals surface area contributed by atoms with E-state index in [1.54, 1.807) is 17.0 Å². The summed E-state index contributed by atoms with van der Waals surface area (Å²) < 4.78 is 5.23. The molecule has 0 aromatic carbocycles. The number of carbonyl (C=O) groups is 2. The van der Waals surface area contributed by atoms with Gasteiger partial charge in [-0.05, 0) is 56.1 Å². The molecule has 3 aliphatic rings. The van der Waals surface area contributed by atoms with Gasteiger partial charge in [0.1, 0.15) is 6.04 Å². The maximum absolute atomic E-state index is 13.0. The third-order valence-corrected chi connectivity index (χ3v) is 6.33. The van der Waals surface area contributed by atoms with E-state index in [4.69, 9.17) is 4.42 Å². The van der Waals surface area contributed by atoms with Crippen LogP contribution in [0.4, 0.5) is 0 Å². The van der Waals surface area contributed by atoms with Crippen molar-refractivity contribution in [3.63, 3.8) is 0 Å². The van der Waals surface area contributed by atoms with E-state index in [2.05, 4.69) is 0 Å². The van der Waals surface area contributed by atoms with Gasteiger partial charge in [0, 0.05) is 19.6 Å². The Morgan fingerprint density at radius 2 is 1.79 bits per heavy atom. The van der Waals surface area contributed by atoms with Crippen LogP contribution in [-0.2, 0) is 4.79 Å². The molecule has 5 heteroatoms. The van der Waals surface area contributed by atoms with Crippen molar-refractivity contribution in [2.75, 3.05) is 19.6 Å². The molecule has 0 bridgehead atoms. The predicted octanol–water partition coefficient (Wildman–Crippen LogP) is 3.07. The van der Waals surface area contributed by atoms with Crippen LogP contribution in [0.15, 0.2) is 22.8 Å². The van der Waals surface area contributed by atoms with E-state index in [-0.39, 0.29) is 17.9 Å². The molecule has 5 nitrogen and oxygen atoms in total. The molecular formula is C19H26N2O3. The minimum atomic E-state index is -0.305. The normalized spacial score (nSPS) is 26.2. The molecule has 1 unspecified atom stereocenters. The average Bonchev–Trinajstić information content (AvgIpc) is 3.36. The van der Waals surface area contributed by atoms with E-state index in [1.807, 2.05) is 4.90 Å². The molecule has 3 fully saturated rings. The van der Waals surface area contributed by atoms with Crippen LogP contribution in [0.2, 0.25) is 0 Å². The Morgan fingerprint density at radius 1 is 1.04 bits per heavy atom. The minimum Gasteiger partial charge on any atom is -0.459 e. The van der Waals surface area contributed by atoms with Gasteiger partial charge in [-0.3, -0.25) is 9.59 Å². The molecule has 2 amide bonds. The van der Waals surface area contributed by atoms with Crippen LogP contribution in [0.1, 0.15) is 61.9 Å². The van der Waals surface area contributed by atoms with E-state index in [1.165, 1.54) is 31.9 Å². The molecule has 1 atom stereocenters. The third kappa shape index (κ3) is 2.74. The summed E-state index contributed by atoms with van der Waals surface area (Å²) in [5.74, 6) is 0.318. The van der Waals surface area contributed by atoms with Gasteiger partial charge in [0.25, 0.3) is 5.91 Å². The fourth-order valence-corrected chi connectivity index (χ4v) is 4.85. The van der Waals surface area contributed by atoms with Crippen molar-refractivity contribution < 1.29 is 14.0 Å². The number of piperidine rings is 1. The summed E-state index contributed by atoms with van der Waals surface area (Å²) in [6.45, 7) is 2.37. The smallest absolute Gasteiger partial charge is 0.290 e. The zero-order valence-corrected chi connectivity index (χ0v) is 14.2. The monoisotopic (exact) mass is 330 g/mol. The number of rotatable bonds is 2. The first-order chi connectivity index (χ1) is 11.7. The summed E-state index contributed by atoms with van der Waals surface area (Å²) in [6, 6.07) is 3.08. The summed E-state index contributed by atoms with van der Waals surface area (Å²) in [7, 11) is 0. The zero-order valence-electron chi connectivity index (χ0n) is 14.2. The molecule has 4 rings (SSSR count). The lowest BCUT2D eigenvalue weighted by atomic mass is 9.77. The maximum Gasteiger partial charge on any atom is 0.290 e. The topological polar surface area (TPSA) is 53.8 Å². The maximum atomic E-state index is 13.0. The van der Waals surface area contributed by atoms with Crippen LogP contribution in [0.5, 0.6) is 0 Å². The van der Waals surface area contributed by atoms with Crippen LogP contribution in [0.3, 0.4) is 0 Å². The Balaban J connectivity index is 1.41. The van der Waals surface area contributed by atoms with Crippen LogP contribution in [-0.4, -0.2) is 47.3 Å². The van der Waals surface area contributed by atoms with E-state index < -0.39 is 0 Å². The highest BCUT2D eigenvalue weighted by molar-refractivity contribution is 5.96. The Labute approximate surface area is 143 Å². The summed E-state index contributed by atoms with van der Waals surface area (Å²) >= 11 is 0. The van der Waals surface area contributed by atoms with E-state index in [0.717, 1.165) is 38.8 Å². The molecular weight excluding hydrogens is 304 g/mol. The number of nitrogens with zero attached hydrogens (tertiary/aromatic N) is 2. The van der Waals surface area contributed by atoms with Crippen molar-refractivity contribution in [2.24, 2.45) is 5.41 Å². The number of likely N-dealkylation sites (tertiary alicyclic amines) is 2. The van der Waals surface area contributed by atoms with Crippen molar-refractivity contribution in [2.45, 2.75) is 57.4 Å². The lowest BCUT2D eigenvalue weighted by molar-refractivity contribution is -0.137. The lowest BCUT2D eigenvalue weighted by Crippen LogP contribution is -2.51. The predicted molar refractivity (Wildman–Crippen MR) is 89.5 cm³/mol. The van der Waals surface area contributed by atoms with Crippen molar-refractivity contribution in [1.29, 1.82) is 0 Å². The highest BCUT2D eigenvalue weighted by atomic mass is 16.3. The van der Waals surface area contributed by atoms with Crippen molar-refractivity contribution in [3.8, 4) is 0 Å². The summed E-state index contributed by atoms with van der Waals surface area (Å²) in [4.78, 5) is 29.3. The first-order valence-electron chi connectivity index (χ1n) is 9.32. The Kier molecular flexibility index (Phi) is 4.10. The van der Waals surface area contributed by atoms with E-state index in [9.17, 15) is 9.59 Å². The van der Waals surface area contributed by atoms with Crippen molar-refractivity contribution in [3.05, 3.63) is 24.2 Å². The van der Waals surface area contributed by atoms with Gasteiger partial charge in [-0.1, -0.05) is 12.8 Å². The van der Waals surface area contributed by atoms with Crippen LogP contribution >= 0.6 is 0 Å². The first-order valence-corrected chi connectivity index (χ1v) is 9.32. The minimum absolute atomic E-state index is 0.139. The molecule has 0 N–H and O–H groups in total. The van der Waals surface area contributed by atoms with Gasteiger partial charge >= 0.3 is 0 Å². The Hall–Kier alpha value is -1.78. The zero-order chi connectivity index (χ0) is 16.6. The number of furan rings is 1. The average molecular weight is 330 g/mol. The second-order valence-electron chi connectivity index (χ2n) is 7.67. The second kappa shape index (κ2) is 6.26. The highest BCUT2D eigenvalue weighted by Gasteiger charge is 2.42.